The molecule has 0 spiro atoms. The molecule has 1 aliphatic carbocycles. The Kier molecular flexibility index (Phi) is 4.09. The van der Waals surface area contributed by atoms with Gasteiger partial charge in [-0.2, -0.15) is 0 Å². The second-order valence-electron chi connectivity index (χ2n) is 4.58. The standard InChI is InChI=1S/C11H16N6S2/c1-8-6-18-10(13-8)7-19-11-14-15-16-17(11)5-4-12-9-2-3-9/h6,9,12H,2-5,7H2,1H3. The van der Waals surface area contributed by atoms with Gasteiger partial charge in [0.2, 0.25) is 5.16 Å². The maximum Gasteiger partial charge on any atom is 0.209 e. The summed E-state index contributed by atoms with van der Waals surface area (Å²) >= 11 is 3.33. The molecule has 0 bridgehead atoms. The summed E-state index contributed by atoms with van der Waals surface area (Å²) in [6, 6.07) is 0.728. The Morgan fingerprint density at radius 1 is 1.53 bits per heavy atom. The topological polar surface area (TPSA) is 68.5 Å². The molecule has 1 saturated carbocycles. The molecular weight excluding hydrogens is 280 g/mol. The maximum atomic E-state index is 4.44. The average molecular weight is 296 g/mol. The quantitative estimate of drug-likeness (QED) is 0.781. The van der Waals surface area contributed by atoms with E-state index in [2.05, 4.69) is 31.2 Å². The SMILES string of the molecule is Cc1csc(CSc2nnnn2CCNC2CC2)n1. The summed E-state index contributed by atoms with van der Waals surface area (Å²) < 4.78 is 1.86. The lowest BCUT2D eigenvalue weighted by atomic mass is 10.6. The van der Waals surface area contributed by atoms with E-state index in [-0.39, 0.29) is 0 Å². The van der Waals surface area contributed by atoms with Crippen molar-refractivity contribution in [1.82, 2.24) is 30.5 Å². The third-order valence-electron chi connectivity index (χ3n) is 2.82. The molecule has 8 heteroatoms. The van der Waals surface area contributed by atoms with Gasteiger partial charge in [-0.15, -0.1) is 16.4 Å². The van der Waals surface area contributed by atoms with E-state index in [1.807, 2.05) is 11.6 Å². The van der Waals surface area contributed by atoms with Gasteiger partial charge in [-0.05, 0) is 30.2 Å². The highest BCUT2D eigenvalue weighted by Gasteiger charge is 2.20. The molecule has 0 saturated heterocycles. The third-order valence-corrected chi connectivity index (χ3v) is 4.94. The molecule has 2 aromatic heterocycles. The van der Waals surface area contributed by atoms with E-state index in [0.717, 1.165) is 40.7 Å². The van der Waals surface area contributed by atoms with E-state index < -0.39 is 0 Å². The number of nitrogens with zero attached hydrogens (tertiary/aromatic N) is 5. The van der Waals surface area contributed by atoms with Crippen LogP contribution in [0.5, 0.6) is 0 Å². The summed E-state index contributed by atoms with van der Waals surface area (Å²) in [5.41, 5.74) is 1.08. The molecule has 19 heavy (non-hydrogen) atoms. The van der Waals surface area contributed by atoms with E-state index in [1.54, 1.807) is 23.1 Å². The molecule has 1 fully saturated rings. The first-order valence-corrected chi connectivity index (χ1v) is 8.21. The van der Waals surface area contributed by atoms with E-state index in [0.29, 0.717) is 0 Å². The van der Waals surface area contributed by atoms with Crippen LogP contribution < -0.4 is 5.32 Å². The molecule has 102 valence electrons. The molecule has 2 heterocycles. The van der Waals surface area contributed by atoms with Crippen LogP contribution in [0.15, 0.2) is 10.5 Å². The highest BCUT2D eigenvalue weighted by Crippen LogP contribution is 2.22. The minimum atomic E-state index is 0.728. The van der Waals surface area contributed by atoms with Gasteiger partial charge in [0.15, 0.2) is 0 Å². The van der Waals surface area contributed by atoms with Gasteiger partial charge in [0, 0.05) is 23.7 Å². The second-order valence-corrected chi connectivity index (χ2v) is 6.47. The number of nitrogens with one attached hydrogen (secondary N) is 1. The Labute approximate surface area is 120 Å². The Morgan fingerprint density at radius 3 is 3.16 bits per heavy atom. The van der Waals surface area contributed by atoms with Crippen molar-refractivity contribution in [2.45, 2.75) is 43.3 Å². The Bertz CT molecular complexity index is 533. The number of thioether (sulfide) groups is 1. The summed E-state index contributed by atoms with van der Waals surface area (Å²) in [4.78, 5) is 4.44. The number of hydrogen-bond donors (Lipinski definition) is 1. The van der Waals surface area contributed by atoms with Crippen molar-refractivity contribution in [3.63, 3.8) is 0 Å². The smallest absolute Gasteiger partial charge is 0.209 e. The molecule has 0 atom stereocenters. The van der Waals surface area contributed by atoms with Crippen molar-refractivity contribution >= 4 is 23.1 Å². The van der Waals surface area contributed by atoms with Gasteiger partial charge in [-0.1, -0.05) is 11.8 Å². The minimum Gasteiger partial charge on any atom is -0.312 e. The summed E-state index contributed by atoms with van der Waals surface area (Å²) in [6.45, 7) is 3.76. The number of tetrazole rings is 1. The van der Waals surface area contributed by atoms with Crippen molar-refractivity contribution in [2.75, 3.05) is 6.54 Å². The van der Waals surface area contributed by atoms with Gasteiger partial charge in [-0.3, -0.25) is 0 Å². The van der Waals surface area contributed by atoms with E-state index in [9.17, 15) is 0 Å². The Hall–Kier alpha value is -0.990. The summed E-state index contributed by atoms with van der Waals surface area (Å²) in [5.74, 6) is 0.828. The lowest BCUT2D eigenvalue weighted by Crippen LogP contribution is -2.22. The first-order valence-electron chi connectivity index (χ1n) is 6.34. The molecule has 1 N–H and O–H groups in total. The number of thiazole rings is 1. The predicted molar refractivity (Wildman–Crippen MR) is 75.3 cm³/mol. The Morgan fingerprint density at radius 2 is 2.42 bits per heavy atom. The van der Waals surface area contributed by atoms with Crippen LogP contribution in [0, 0.1) is 6.92 Å². The van der Waals surface area contributed by atoms with Gasteiger partial charge in [0.05, 0.1) is 12.3 Å². The average Bonchev–Trinajstić information content (AvgIpc) is 2.95. The van der Waals surface area contributed by atoms with Crippen LogP contribution >= 0.6 is 23.1 Å². The predicted octanol–water partition coefficient (Wildman–Crippen LogP) is 1.48. The zero-order valence-electron chi connectivity index (χ0n) is 10.7. The number of hydrogen-bond acceptors (Lipinski definition) is 7. The fourth-order valence-electron chi connectivity index (χ4n) is 1.70. The molecule has 0 amide bonds. The summed E-state index contributed by atoms with van der Waals surface area (Å²) in [6.07, 6.45) is 2.61. The third kappa shape index (κ3) is 3.74. The second kappa shape index (κ2) is 5.98. The van der Waals surface area contributed by atoms with Gasteiger partial charge in [-0.25, -0.2) is 9.67 Å². The van der Waals surface area contributed by atoms with Crippen LogP contribution in [0.3, 0.4) is 0 Å². The molecule has 0 radical (unpaired) electrons. The van der Waals surface area contributed by atoms with Crippen molar-refractivity contribution in [1.29, 1.82) is 0 Å². The first-order chi connectivity index (χ1) is 9.31. The van der Waals surface area contributed by atoms with E-state index in [1.165, 1.54) is 12.8 Å². The number of aromatic nitrogens is 5. The Balaban J connectivity index is 1.50. The van der Waals surface area contributed by atoms with Gasteiger partial charge < -0.3 is 5.32 Å². The zero-order valence-corrected chi connectivity index (χ0v) is 12.4. The van der Waals surface area contributed by atoms with Crippen LogP contribution in [0.4, 0.5) is 0 Å². The monoisotopic (exact) mass is 296 g/mol. The minimum absolute atomic E-state index is 0.728. The highest BCUT2D eigenvalue weighted by atomic mass is 32.2. The van der Waals surface area contributed by atoms with Crippen molar-refractivity contribution in [3.8, 4) is 0 Å². The highest BCUT2D eigenvalue weighted by molar-refractivity contribution is 7.98. The fourth-order valence-corrected chi connectivity index (χ4v) is 3.39. The normalized spacial score (nSPS) is 15.0. The van der Waals surface area contributed by atoms with Crippen molar-refractivity contribution in [3.05, 3.63) is 16.1 Å². The molecular formula is C11H16N6S2. The van der Waals surface area contributed by atoms with Gasteiger partial charge >= 0.3 is 0 Å². The molecule has 0 aromatic carbocycles. The van der Waals surface area contributed by atoms with Gasteiger partial charge in [0.1, 0.15) is 5.01 Å². The zero-order chi connectivity index (χ0) is 13.1. The van der Waals surface area contributed by atoms with Crippen LogP contribution in [0.25, 0.3) is 0 Å². The lowest BCUT2D eigenvalue weighted by Gasteiger charge is -2.04. The summed E-state index contributed by atoms with van der Waals surface area (Å²) in [5, 5.41) is 19.4. The maximum absolute atomic E-state index is 4.44. The van der Waals surface area contributed by atoms with Crippen molar-refractivity contribution in [2.24, 2.45) is 0 Å². The van der Waals surface area contributed by atoms with Gasteiger partial charge in [0.25, 0.3) is 0 Å². The van der Waals surface area contributed by atoms with Crippen molar-refractivity contribution < 1.29 is 0 Å². The van der Waals surface area contributed by atoms with Crippen LogP contribution in [-0.2, 0) is 12.3 Å². The first kappa shape index (κ1) is 13.0. The lowest BCUT2D eigenvalue weighted by molar-refractivity contribution is 0.509. The van der Waals surface area contributed by atoms with Crippen LogP contribution in [0.1, 0.15) is 23.5 Å². The largest absolute Gasteiger partial charge is 0.312 e. The molecule has 1 aliphatic rings. The number of aryl methyl sites for hydroxylation is 1. The molecule has 6 nitrogen and oxygen atoms in total. The molecule has 2 aromatic rings. The van der Waals surface area contributed by atoms with E-state index >= 15 is 0 Å². The molecule has 0 unspecified atom stereocenters. The van der Waals surface area contributed by atoms with E-state index in [4.69, 9.17) is 0 Å². The van der Waals surface area contributed by atoms with Crippen LogP contribution in [0.2, 0.25) is 0 Å². The summed E-state index contributed by atoms with van der Waals surface area (Å²) in [7, 11) is 0. The molecule has 3 rings (SSSR count). The van der Waals surface area contributed by atoms with Crippen LogP contribution in [-0.4, -0.2) is 37.8 Å². The fraction of sp³-hybridized carbons (Fsp3) is 0.636. The molecule has 0 aliphatic heterocycles. The number of rotatable bonds is 7.